The summed E-state index contributed by atoms with van der Waals surface area (Å²) in [5.74, 6) is -5.01. The minimum absolute atomic E-state index is 0.0254. The number of ether oxygens (including phenoxy) is 3. The van der Waals surface area contributed by atoms with E-state index < -0.39 is 65.8 Å². The van der Waals surface area contributed by atoms with Crippen LogP contribution in [0.25, 0.3) is 5.70 Å². The number of amides is 3. The molecule has 1 N–H and O–H groups in total. The highest BCUT2D eigenvalue weighted by atomic mass is 16.6. The molecule has 2 aromatic rings. The molecule has 1 aliphatic rings. The van der Waals surface area contributed by atoms with Crippen molar-refractivity contribution in [1.82, 2.24) is 14.9 Å². The van der Waals surface area contributed by atoms with Crippen molar-refractivity contribution >= 4 is 41.3 Å². The Bertz CT molecular complexity index is 1550. The first-order valence-electron chi connectivity index (χ1n) is 15.1. The Morgan fingerprint density at radius 1 is 0.872 bits per heavy atom. The normalized spacial score (nSPS) is 15.9. The van der Waals surface area contributed by atoms with Gasteiger partial charge in [0.1, 0.15) is 6.04 Å². The van der Waals surface area contributed by atoms with Crippen LogP contribution in [-0.4, -0.2) is 79.9 Å². The predicted molar refractivity (Wildman–Crippen MR) is 169 cm³/mol. The fraction of sp³-hybridized carbons (Fsp3) is 0.412. The minimum Gasteiger partial charge on any atom is -0.461 e. The zero-order valence-corrected chi connectivity index (χ0v) is 27.8. The van der Waals surface area contributed by atoms with Crippen LogP contribution >= 0.6 is 0 Å². The topological polar surface area (TPSA) is 160 Å². The van der Waals surface area contributed by atoms with Gasteiger partial charge in [0.15, 0.2) is 17.6 Å². The van der Waals surface area contributed by atoms with E-state index >= 15 is 0 Å². The average Bonchev–Trinajstić information content (AvgIpc) is 2.97. The van der Waals surface area contributed by atoms with Crippen molar-refractivity contribution in [1.29, 1.82) is 0 Å². The van der Waals surface area contributed by atoms with Gasteiger partial charge in [0.05, 0.1) is 17.8 Å². The third kappa shape index (κ3) is 8.82. The van der Waals surface area contributed by atoms with Crippen LogP contribution < -0.4 is 9.47 Å². The summed E-state index contributed by atoms with van der Waals surface area (Å²) in [5, 5.41) is 13.5. The van der Waals surface area contributed by atoms with Crippen LogP contribution in [0.5, 0.6) is 11.5 Å². The van der Waals surface area contributed by atoms with Gasteiger partial charge in [0.2, 0.25) is 11.8 Å². The highest BCUT2D eigenvalue weighted by molar-refractivity contribution is 5.98. The predicted octanol–water partition coefficient (Wildman–Crippen LogP) is 3.24. The van der Waals surface area contributed by atoms with Crippen LogP contribution in [0.3, 0.4) is 0 Å². The first-order chi connectivity index (χ1) is 22.0. The molecule has 13 heteroatoms. The van der Waals surface area contributed by atoms with E-state index in [1.807, 2.05) is 0 Å². The van der Waals surface area contributed by atoms with Crippen LogP contribution in [0.4, 0.5) is 0 Å². The van der Waals surface area contributed by atoms with Gasteiger partial charge >= 0.3 is 17.9 Å². The molecule has 2 unspecified atom stereocenters. The zero-order chi connectivity index (χ0) is 35.2. The molecule has 0 aliphatic carbocycles. The molecule has 47 heavy (non-hydrogen) atoms. The van der Waals surface area contributed by atoms with Crippen molar-refractivity contribution in [3.05, 3.63) is 65.9 Å². The van der Waals surface area contributed by atoms with Gasteiger partial charge in [0.25, 0.3) is 5.91 Å². The Kier molecular flexibility index (Phi) is 12.0. The molecule has 0 fully saturated rings. The molecular weight excluding hydrogens is 610 g/mol. The second-order valence-electron chi connectivity index (χ2n) is 11.7. The fourth-order valence-electron chi connectivity index (χ4n) is 5.25. The van der Waals surface area contributed by atoms with Crippen molar-refractivity contribution in [3.8, 4) is 11.5 Å². The quantitative estimate of drug-likeness (QED) is 0.282. The lowest BCUT2D eigenvalue weighted by Crippen LogP contribution is -2.64. The number of nitrogens with zero attached hydrogens (tertiary/aromatic N) is 3. The lowest BCUT2D eigenvalue weighted by atomic mass is 9.96. The largest absolute Gasteiger partial charge is 0.461 e. The minimum atomic E-state index is -1.90. The third-order valence-electron chi connectivity index (χ3n) is 7.09. The maximum absolute atomic E-state index is 14.6. The molecule has 0 radical (unpaired) electrons. The molecule has 2 aromatic carbocycles. The summed E-state index contributed by atoms with van der Waals surface area (Å²) in [6, 6.07) is 10.4. The number of rotatable bonds is 11. The second-order valence-corrected chi connectivity index (χ2v) is 11.7. The summed E-state index contributed by atoms with van der Waals surface area (Å²) in [4.78, 5) is 79.2. The monoisotopic (exact) mass is 651 g/mol. The van der Waals surface area contributed by atoms with Crippen molar-refractivity contribution in [2.45, 2.75) is 86.1 Å². The number of esters is 3. The summed E-state index contributed by atoms with van der Waals surface area (Å²) < 4.78 is 15.8. The van der Waals surface area contributed by atoms with Crippen molar-refractivity contribution < 1.29 is 48.1 Å². The van der Waals surface area contributed by atoms with E-state index in [9.17, 15) is 33.9 Å². The van der Waals surface area contributed by atoms with E-state index in [2.05, 4.69) is 0 Å². The Morgan fingerprint density at radius 2 is 1.47 bits per heavy atom. The van der Waals surface area contributed by atoms with Gasteiger partial charge < -0.3 is 24.2 Å². The molecule has 3 amide bonds. The fourth-order valence-corrected chi connectivity index (χ4v) is 5.25. The van der Waals surface area contributed by atoms with E-state index in [0.717, 1.165) is 16.9 Å². The summed E-state index contributed by atoms with van der Waals surface area (Å²) in [6.45, 7) is 11.5. The van der Waals surface area contributed by atoms with Gasteiger partial charge in [-0.25, -0.2) is 14.8 Å². The molecule has 0 bridgehead atoms. The van der Waals surface area contributed by atoms with Crippen LogP contribution in [0.15, 0.2) is 54.7 Å². The molecule has 13 nitrogen and oxygen atoms in total. The first kappa shape index (κ1) is 36.4. The van der Waals surface area contributed by atoms with Gasteiger partial charge in [-0.2, -0.15) is 0 Å². The van der Waals surface area contributed by atoms with Gasteiger partial charge in [0, 0.05) is 39.5 Å². The molecule has 3 atom stereocenters. The molecule has 1 heterocycles. The smallest absolute Gasteiger partial charge is 0.337 e. The SMILES string of the molecule is CC(=O)Oc1ccc(C2=CN(C(C)=O)C(C(C)C)C(=O)N2N(C(C)=O)[C@@H](Cc2ccccc2)C(O)C(=O)OC(C)C)cc1OC(C)=O. The van der Waals surface area contributed by atoms with Crippen LogP contribution in [0.1, 0.15) is 66.5 Å². The van der Waals surface area contributed by atoms with Crippen LogP contribution in [-0.2, 0) is 39.9 Å². The number of aliphatic hydroxyl groups is 1. The van der Waals surface area contributed by atoms with Crippen LogP contribution in [0, 0.1) is 5.92 Å². The van der Waals surface area contributed by atoms with E-state index in [4.69, 9.17) is 14.2 Å². The Hall–Kier alpha value is -5.04. The van der Waals surface area contributed by atoms with Gasteiger partial charge in [-0.05, 0) is 49.9 Å². The summed E-state index contributed by atoms with van der Waals surface area (Å²) in [7, 11) is 0. The molecule has 3 rings (SSSR count). The van der Waals surface area contributed by atoms with E-state index in [-0.39, 0.29) is 29.2 Å². The lowest BCUT2D eigenvalue weighted by molar-refractivity contribution is -0.178. The maximum Gasteiger partial charge on any atom is 0.337 e. The second kappa shape index (κ2) is 15.5. The molecular formula is C34H41N3O10. The van der Waals surface area contributed by atoms with Crippen molar-refractivity contribution in [3.63, 3.8) is 0 Å². The standard InChI is InChI=1S/C34H41N3O10/c1-19(2)31-33(43)37(36(22(6)39)27(16-25-12-10-9-11-13-25)32(42)34(44)45-20(3)4)28(18-35(31)21(5)38)26-14-15-29(46-23(7)40)30(17-26)47-24(8)41/h9-15,17-20,27,31-32,42H,16H2,1-8H3/t27-,31?,32?/m0/s1. The summed E-state index contributed by atoms with van der Waals surface area (Å²) in [6.07, 6.45) is -1.18. The molecule has 252 valence electrons. The number of hydrazine groups is 1. The maximum atomic E-state index is 14.6. The molecule has 0 saturated heterocycles. The van der Waals surface area contributed by atoms with Crippen LogP contribution in [0.2, 0.25) is 0 Å². The van der Waals surface area contributed by atoms with E-state index in [1.165, 1.54) is 50.1 Å². The summed E-state index contributed by atoms with van der Waals surface area (Å²) >= 11 is 0. The highest BCUT2D eigenvalue weighted by Gasteiger charge is 2.47. The zero-order valence-electron chi connectivity index (χ0n) is 27.8. The van der Waals surface area contributed by atoms with Gasteiger partial charge in [-0.1, -0.05) is 44.2 Å². The number of hydrogen-bond donors (Lipinski definition) is 1. The van der Waals surface area contributed by atoms with Crippen molar-refractivity contribution in [2.24, 2.45) is 5.92 Å². The number of aliphatic hydroxyl groups excluding tert-OH is 1. The number of hydrogen-bond acceptors (Lipinski definition) is 10. The third-order valence-corrected chi connectivity index (χ3v) is 7.09. The molecule has 0 spiro atoms. The summed E-state index contributed by atoms with van der Waals surface area (Å²) in [5.41, 5.74) is 0.786. The lowest BCUT2D eigenvalue weighted by Gasteiger charge is -2.47. The van der Waals surface area contributed by atoms with E-state index in [1.54, 1.807) is 58.0 Å². The average molecular weight is 652 g/mol. The van der Waals surface area contributed by atoms with E-state index in [0.29, 0.717) is 5.56 Å². The highest BCUT2D eigenvalue weighted by Crippen LogP contribution is 2.37. The molecule has 0 aromatic heterocycles. The number of carbonyl (C=O) groups is 6. The molecule has 1 aliphatic heterocycles. The van der Waals surface area contributed by atoms with Gasteiger partial charge in [-0.15, -0.1) is 0 Å². The van der Waals surface area contributed by atoms with Gasteiger partial charge in [-0.3, -0.25) is 24.0 Å². The Morgan fingerprint density at radius 3 is 1.98 bits per heavy atom. The first-order valence-corrected chi connectivity index (χ1v) is 15.1. The van der Waals surface area contributed by atoms with Crippen molar-refractivity contribution in [2.75, 3.05) is 0 Å². The number of carbonyl (C=O) groups excluding carboxylic acids is 6. The Balaban J connectivity index is 2.35. The molecule has 0 saturated carbocycles. The number of benzene rings is 2. The Labute approximate surface area is 273 Å².